The van der Waals surface area contributed by atoms with E-state index >= 15 is 0 Å². The van der Waals surface area contributed by atoms with Gasteiger partial charge in [-0.1, -0.05) is 31.6 Å². The van der Waals surface area contributed by atoms with Gasteiger partial charge in [0.25, 0.3) is 0 Å². The first-order valence-electron chi connectivity index (χ1n) is 8.16. The van der Waals surface area contributed by atoms with Crippen molar-refractivity contribution in [1.29, 1.82) is 0 Å². The average Bonchev–Trinajstić information content (AvgIpc) is 2.51. The van der Waals surface area contributed by atoms with Crippen LogP contribution in [0.2, 0.25) is 0 Å². The van der Waals surface area contributed by atoms with Gasteiger partial charge < -0.3 is 15.4 Å². The number of hydrogen-bond acceptors (Lipinski definition) is 4. The molecule has 4 nitrogen and oxygen atoms in total. The Morgan fingerprint density at radius 3 is 3.05 bits per heavy atom. The Balaban J connectivity index is 1.76. The number of hydrogen-bond donors (Lipinski definition) is 2. The summed E-state index contributed by atoms with van der Waals surface area (Å²) in [6.07, 6.45) is 6.72. The molecule has 22 heavy (non-hydrogen) atoms. The first-order valence-corrected chi connectivity index (χ1v) is 8.16. The molecule has 4 heteroatoms. The van der Waals surface area contributed by atoms with Crippen LogP contribution in [0.15, 0.2) is 18.2 Å². The van der Waals surface area contributed by atoms with E-state index in [1.165, 1.54) is 16.1 Å². The summed E-state index contributed by atoms with van der Waals surface area (Å²) in [4.78, 5) is 11.8. The second-order valence-corrected chi connectivity index (χ2v) is 6.34. The smallest absolute Gasteiger partial charge is 0.305 e. The number of anilines is 1. The highest BCUT2D eigenvalue weighted by atomic mass is 16.5. The van der Waals surface area contributed by atoms with Gasteiger partial charge in [-0.2, -0.15) is 0 Å². The van der Waals surface area contributed by atoms with Gasteiger partial charge in [0.1, 0.15) is 12.3 Å². The second-order valence-electron chi connectivity index (χ2n) is 6.34. The van der Waals surface area contributed by atoms with Crippen molar-refractivity contribution in [3.05, 3.63) is 28.6 Å². The van der Waals surface area contributed by atoms with Crippen LogP contribution in [0.3, 0.4) is 0 Å². The minimum Gasteiger partial charge on any atom is -0.461 e. The molecule has 1 unspecified atom stereocenters. The molecule has 0 bridgehead atoms. The van der Waals surface area contributed by atoms with Gasteiger partial charge in [-0.05, 0) is 37.5 Å². The topological polar surface area (TPSA) is 50.4 Å². The third kappa shape index (κ3) is 2.96. The van der Waals surface area contributed by atoms with Gasteiger partial charge in [-0.15, -0.1) is 0 Å². The van der Waals surface area contributed by atoms with Crippen molar-refractivity contribution < 1.29 is 9.53 Å². The van der Waals surface area contributed by atoms with Crippen LogP contribution in [0.1, 0.15) is 46.0 Å². The minimum absolute atomic E-state index is 0.117. The molecule has 0 saturated carbocycles. The molecule has 2 aliphatic rings. The van der Waals surface area contributed by atoms with Crippen molar-refractivity contribution in [2.45, 2.75) is 51.6 Å². The molecule has 0 radical (unpaired) electrons. The van der Waals surface area contributed by atoms with Crippen LogP contribution in [0.5, 0.6) is 0 Å². The van der Waals surface area contributed by atoms with Crippen molar-refractivity contribution in [3.8, 4) is 0 Å². The Kier molecular flexibility index (Phi) is 4.10. The Morgan fingerprint density at radius 1 is 1.36 bits per heavy atom. The highest BCUT2D eigenvalue weighted by Gasteiger charge is 2.31. The molecule has 1 aliphatic carbocycles. The zero-order chi connectivity index (χ0) is 15.6. The second kappa shape index (κ2) is 6.03. The standard InChI is InChI=1S/C18H24N2O2/c1-3-4-11-16(21)22-12-18(2)19-14-9-5-7-13-8-6-10-15(20-18)17(13)14/h5,7-9,19-20H,3-4,6,10-12H2,1-2H3. The third-order valence-electron chi connectivity index (χ3n) is 4.25. The Bertz CT molecular complexity index is 696. The van der Waals surface area contributed by atoms with Crippen LogP contribution in [-0.4, -0.2) is 18.2 Å². The van der Waals surface area contributed by atoms with E-state index in [-0.39, 0.29) is 5.97 Å². The normalized spacial score (nSPS) is 22.0. The zero-order valence-corrected chi connectivity index (χ0v) is 13.4. The van der Waals surface area contributed by atoms with E-state index < -0.39 is 5.66 Å². The van der Waals surface area contributed by atoms with Gasteiger partial charge in [0.2, 0.25) is 0 Å². The number of nitrogens with one attached hydrogen (secondary N) is 2. The highest BCUT2D eigenvalue weighted by Crippen LogP contribution is 2.20. The van der Waals surface area contributed by atoms with Gasteiger partial charge >= 0.3 is 5.97 Å². The van der Waals surface area contributed by atoms with Gasteiger partial charge in [0.15, 0.2) is 0 Å². The molecular weight excluding hydrogens is 276 g/mol. The molecule has 0 saturated heterocycles. The van der Waals surface area contributed by atoms with Crippen molar-refractivity contribution in [2.24, 2.45) is 0 Å². The summed E-state index contributed by atoms with van der Waals surface area (Å²) < 4.78 is 5.46. The monoisotopic (exact) mass is 300 g/mol. The number of carbonyl (C=O) groups is 1. The Hall–Kier alpha value is -1.97. The highest BCUT2D eigenvalue weighted by molar-refractivity contribution is 5.70. The molecule has 0 amide bonds. The quantitative estimate of drug-likeness (QED) is 0.815. The molecule has 0 fully saturated rings. The van der Waals surface area contributed by atoms with Gasteiger partial charge in [-0.25, -0.2) is 0 Å². The van der Waals surface area contributed by atoms with Crippen molar-refractivity contribution in [2.75, 3.05) is 11.9 Å². The van der Waals surface area contributed by atoms with E-state index in [2.05, 4.69) is 41.8 Å². The van der Waals surface area contributed by atoms with Crippen LogP contribution in [0.25, 0.3) is 11.8 Å². The lowest BCUT2D eigenvalue weighted by molar-refractivity contribution is -0.145. The summed E-state index contributed by atoms with van der Waals surface area (Å²) in [7, 11) is 0. The van der Waals surface area contributed by atoms with Crippen LogP contribution >= 0.6 is 0 Å². The summed E-state index contributed by atoms with van der Waals surface area (Å²) >= 11 is 0. The zero-order valence-electron chi connectivity index (χ0n) is 13.4. The lowest BCUT2D eigenvalue weighted by Gasteiger charge is -2.39. The lowest BCUT2D eigenvalue weighted by atomic mass is 9.98. The minimum atomic E-state index is -0.444. The molecule has 118 valence electrons. The summed E-state index contributed by atoms with van der Waals surface area (Å²) in [6.45, 7) is 4.44. The van der Waals surface area contributed by atoms with E-state index in [4.69, 9.17) is 4.74 Å². The summed E-state index contributed by atoms with van der Waals surface area (Å²) in [5.41, 5.74) is 1.92. The van der Waals surface area contributed by atoms with E-state index in [0.29, 0.717) is 13.0 Å². The lowest BCUT2D eigenvalue weighted by Crippen LogP contribution is -2.59. The summed E-state index contributed by atoms with van der Waals surface area (Å²) in [5.74, 6) is -0.117. The van der Waals surface area contributed by atoms with Crippen molar-refractivity contribution >= 4 is 23.4 Å². The fourth-order valence-electron chi connectivity index (χ4n) is 3.16. The SMILES string of the molecule is CCCCC(=O)OCC1(C)NC2=c3c(cccc3=CCC2)N1. The first-order chi connectivity index (χ1) is 10.6. The number of ether oxygens (including phenoxy) is 1. The average molecular weight is 300 g/mol. The van der Waals surface area contributed by atoms with Gasteiger partial charge in [-0.3, -0.25) is 4.79 Å². The molecule has 1 aromatic rings. The maximum Gasteiger partial charge on any atom is 0.305 e. The fraction of sp³-hybridized carbons (Fsp3) is 0.500. The Morgan fingerprint density at radius 2 is 2.23 bits per heavy atom. The molecule has 1 aromatic carbocycles. The number of unbranched alkanes of at least 4 members (excludes halogenated alkanes) is 1. The van der Waals surface area contributed by atoms with E-state index in [9.17, 15) is 4.79 Å². The van der Waals surface area contributed by atoms with Gasteiger partial charge in [0.05, 0.1) is 0 Å². The molecule has 1 atom stereocenters. The van der Waals surface area contributed by atoms with E-state index in [1.807, 2.05) is 6.92 Å². The molecule has 0 aromatic heterocycles. The number of benzene rings is 1. The van der Waals surface area contributed by atoms with Crippen molar-refractivity contribution in [1.82, 2.24) is 5.32 Å². The van der Waals surface area contributed by atoms with Gasteiger partial charge in [0, 0.05) is 23.0 Å². The maximum atomic E-state index is 11.8. The molecular formula is C18H24N2O2. The first kappa shape index (κ1) is 14.9. The largest absolute Gasteiger partial charge is 0.461 e. The molecule has 2 N–H and O–H groups in total. The molecule has 3 rings (SSSR count). The third-order valence-corrected chi connectivity index (χ3v) is 4.25. The summed E-state index contributed by atoms with van der Waals surface area (Å²) in [5, 5.41) is 9.59. The summed E-state index contributed by atoms with van der Waals surface area (Å²) in [6, 6.07) is 6.31. The van der Waals surface area contributed by atoms with Crippen LogP contribution in [-0.2, 0) is 9.53 Å². The van der Waals surface area contributed by atoms with Crippen molar-refractivity contribution in [3.63, 3.8) is 0 Å². The predicted octanol–water partition coefficient (Wildman–Crippen LogP) is 1.83. The van der Waals surface area contributed by atoms with E-state index in [1.54, 1.807) is 0 Å². The van der Waals surface area contributed by atoms with Crippen LogP contribution in [0, 0.1) is 0 Å². The van der Waals surface area contributed by atoms with Crippen LogP contribution < -0.4 is 21.1 Å². The number of esters is 1. The fourth-order valence-corrected chi connectivity index (χ4v) is 3.16. The van der Waals surface area contributed by atoms with Crippen LogP contribution in [0.4, 0.5) is 5.69 Å². The molecule has 0 spiro atoms. The number of carbonyl (C=O) groups excluding carboxylic acids is 1. The molecule has 1 heterocycles. The predicted molar refractivity (Wildman–Crippen MR) is 88.4 cm³/mol. The Labute approximate surface area is 131 Å². The number of rotatable bonds is 5. The van der Waals surface area contributed by atoms with E-state index in [0.717, 1.165) is 31.4 Å². The molecule has 1 aliphatic heterocycles. The maximum absolute atomic E-state index is 11.8.